The van der Waals surface area contributed by atoms with E-state index in [1.165, 1.54) is 20.5 Å². The fourth-order valence-electron chi connectivity index (χ4n) is 1.38. The van der Waals surface area contributed by atoms with Crippen LogP contribution >= 0.6 is 38.9 Å². The lowest BCUT2D eigenvalue weighted by atomic mass is 10.2. The summed E-state index contributed by atoms with van der Waals surface area (Å²) in [4.78, 5) is 1.39. The van der Waals surface area contributed by atoms with E-state index in [1.807, 2.05) is 12.1 Å². The van der Waals surface area contributed by atoms with Crippen molar-refractivity contribution < 1.29 is 0 Å². The van der Waals surface area contributed by atoms with Crippen molar-refractivity contribution in [2.45, 2.75) is 12.3 Å². The van der Waals surface area contributed by atoms with Crippen LogP contribution in [-0.2, 0) is 5.33 Å². The van der Waals surface area contributed by atoms with Crippen LogP contribution in [0.25, 0.3) is 10.1 Å². The Morgan fingerprint density at radius 1 is 1.46 bits per heavy atom. The maximum Gasteiger partial charge on any atom is 0.0420 e. The summed E-state index contributed by atoms with van der Waals surface area (Å²) in [6, 6.07) is 6.07. The zero-order valence-electron chi connectivity index (χ0n) is 7.10. The molecule has 0 nitrogen and oxygen atoms in total. The summed E-state index contributed by atoms with van der Waals surface area (Å²) in [5.41, 5.74) is 1.37. The molecule has 0 unspecified atom stereocenters. The van der Waals surface area contributed by atoms with Crippen LogP contribution < -0.4 is 0 Å². The molecule has 3 heteroatoms. The Balaban J connectivity index is 2.76. The minimum absolute atomic E-state index is 0.815. The van der Waals surface area contributed by atoms with E-state index in [9.17, 15) is 0 Å². The molecule has 0 atom stereocenters. The van der Waals surface area contributed by atoms with Crippen molar-refractivity contribution in [3.05, 3.63) is 33.7 Å². The molecule has 1 heterocycles. The fraction of sp³-hybridized carbons (Fsp3) is 0.200. The van der Waals surface area contributed by atoms with E-state index >= 15 is 0 Å². The molecule has 1 aromatic carbocycles. The number of hydrogen-bond acceptors (Lipinski definition) is 1. The van der Waals surface area contributed by atoms with E-state index in [0.717, 1.165) is 10.4 Å². The molecule has 0 amide bonds. The zero-order valence-corrected chi connectivity index (χ0v) is 10.3. The van der Waals surface area contributed by atoms with Crippen LogP contribution in [0.15, 0.2) is 18.2 Å². The largest absolute Gasteiger partial charge is 0.139 e. The quantitative estimate of drug-likeness (QED) is 0.658. The highest BCUT2D eigenvalue weighted by atomic mass is 79.9. The van der Waals surface area contributed by atoms with Gasteiger partial charge in [0.05, 0.1) is 0 Å². The van der Waals surface area contributed by atoms with Crippen LogP contribution in [0.1, 0.15) is 10.4 Å². The lowest BCUT2D eigenvalue weighted by Crippen LogP contribution is -1.73. The van der Waals surface area contributed by atoms with Gasteiger partial charge in [-0.3, -0.25) is 0 Å². The van der Waals surface area contributed by atoms with Crippen LogP contribution in [0, 0.1) is 6.92 Å². The second-order valence-electron chi connectivity index (χ2n) is 2.92. The lowest BCUT2D eigenvalue weighted by molar-refractivity contribution is 1.45. The van der Waals surface area contributed by atoms with E-state index in [0.29, 0.717) is 0 Å². The molecule has 0 saturated carbocycles. The molecule has 2 rings (SSSR count). The zero-order chi connectivity index (χ0) is 9.42. The summed E-state index contributed by atoms with van der Waals surface area (Å²) in [5.74, 6) is 0. The first-order valence-electron chi connectivity index (χ1n) is 3.96. The number of rotatable bonds is 1. The first-order valence-corrected chi connectivity index (χ1v) is 6.27. The Hall–Kier alpha value is -0.0500. The van der Waals surface area contributed by atoms with Gasteiger partial charge in [-0.1, -0.05) is 33.6 Å². The predicted octanol–water partition coefficient (Wildman–Crippen LogP) is 4.76. The minimum atomic E-state index is 0.815. The third-order valence-electron chi connectivity index (χ3n) is 2.12. The molecular weight excluding hydrogens is 268 g/mol. The highest BCUT2D eigenvalue weighted by Gasteiger charge is 2.06. The van der Waals surface area contributed by atoms with Gasteiger partial charge in [0.2, 0.25) is 0 Å². The molecule has 1 aromatic heterocycles. The van der Waals surface area contributed by atoms with Gasteiger partial charge in [0.15, 0.2) is 0 Å². The number of aryl methyl sites for hydroxylation is 1. The van der Waals surface area contributed by atoms with Crippen molar-refractivity contribution in [2.24, 2.45) is 0 Å². The SMILES string of the molecule is Cc1c(CBr)sc2cc(Cl)ccc12. The number of halogens is 2. The minimum Gasteiger partial charge on any atom is -0.139 e. The van der Waals surface area contributed by atoms with Gasteiger partial charge in [0, 0.05) is 19.9 Å². The molecule has 0 N–H and O–H groups in total. The number of hydrogen-bond donors (Lipinski definition) is 0. The van der Waals surface area contributed by atoms with E-state index in [2.05, 4.69) is 28.9 Å². The van der Waals surface area contributed by atoms with Crippen LogP contribution in [0.4, 0.5) is 0 Å². The third-order valence-corrected chi connectivity index (χ3v) is 4.54. The Labute approximate surface area is 94.7 Å². The van der Waals surface area contributed by atoms with Gasteiger partial charge in [-0.2, -0.15) is 0 Å². The third kappa shape index (κ3) is 1.63. The first-order chi connectivity index (χ1) is 6.22. The van der Waals surface area contributed by atoms with Crippen molar-refractivity contribution in [1.29, 1.82) is 0 Å². The van der Waals surface area contributed by atoms with Gasteiger partial charge in [0.1, 0.15) is 0 Å². The molecule has 68 valence electrons. The van der Waals surface area contributed by atoms with E-state index in [4.69, 9.17) is 11.6 Å². The van der Waals surface area contributed by atoms with Gasteiger partial charge in [-0.15, -0.1) is 11.3 Å². The van der Waals surface area contributed by atoms with E-state index in [1.54, 1.807) is 11.3 Å². The molecule has 0 aliphatic heterocycles. The number of benzene rings is 1. The first kappa shape index (κ1) is 9.50. The average Bonchev–Trinajstić information content (AvgIpc) is 2.42. The highest BCUT2D eigenvalue weighted by Crippen LogP contribution is 2.33. The topological polar surface area (TPSA) is 0 Å². The Morgan fingerprint density at radius 2 is 2.23 bits per heavy atom. The number of thiophene rings is 1. The van der Waals surface area contributed by atoms with Crippen molar-refractivity contribution in [3.63, 3.8) is 0 Å². The van der Waals surface area contributed by atoms with Gasteiger partial charge in [-0.05, 0) is 30.0 Å². The van der Waals surface area contributed by atoms with Crippen LogP contribution in [0.2, 0.25) is 5.02 Å². The smallest absolute Gasteiger partial charge is 0.0420 e. The average molecular weight is 276 g/mol. The molecule has 0 aliphatic carbocycles. The molecule has 0 saturated heterocycles. The van der Waals surface area contributed by atoms with Crippen LogP contribution in [0.5, 0.6) is 0 Å². The Morgan fingerprint density at radius 3 is 2.92 bits per heavy atom. The summed E-state index contributed by atoms with van der Waals surface area (Å²) in [7, 11) is 0. The summed E-state index contributed by atoms with van der Waals surface area (Å²) in [6.07, 6.45) is 0. The van der Waals surface area contributed by atoms with Crippen molar-refractivity contribution in [2.75, 3.05) is 0 Å². The number of alkyl halides is 1. The summed E-state index contributed by atoms with van der Waals surface area (Å²) in [6.45, 7) is 2.16. The molecule has 0 radical (unpaired) electrons. The Kier molecular flexibility index (Phi) is 2.63. The second kappa shape index (κ2) is 3.60. The van der Waals surface area contributed by atoms with Crippen molar-refractivity contribution >= 4 is 49.0 Å². The molecular formula is C10H8BrClS. The normalized spacial score (nSPS) is 11.0. The van der Waals surface area contributed by atoms with E-state index in [-0.39, 0.29) is 0 Å². The molecule has 0 fully saturated rings. The van der Waals surface area contributed by atoms with E-state index < -0.39 is 0 Å². The maximum atomic E-state index is 5.92. The van der Waals surface area contributed by atoms with Crippen molar-refractivity contribution in [3.8, 4) is 0 Å². The summed E-state index contributed by atoms with van der Waals surface area (Å²) < 4.78 is 1.28. The molecule has 0 bridgehead atoms. The number of fused-ring (bicyclic) bond motifs is 1. The van der Waals surface area contributed by atoms with Gasteiger partial charge in [0.25, 0.3) is 0 Å². The van der Waals surface area contributed by atoms with Crippen molar-refractivity contribution in [1.82, 2.24) is 0 Å². The monoisotopic (exact) mass is 274 g/mol. The van der Waals surface area contributed by atoms with Crippen LogP contribution in [-0.4, -0.2) is 0 Å². The predicted molar refractivity (Wildman–Crippen MR) is 64.2 cm³/mol. The molecule has 0 spiro atoms. The van der Waals surface area contributed by atoms with Gasteiger partial charge in [-0.25, -0.2) is 0 Å². The Bertz CT molecular complexity index is 447. The lowest BCUT2D eigenvalue weighted by Gasteiger charge is -1.92. The highest BCUT2D eigenvalue weighted by molar-refractivity contribution is 9.08. The standard InChI is InChI=1S/C10H8BrClS/c1-6-8-3-2-7(12)4-9(8)13-10(6)5-11/h2-4H,5H2,1H3. The van der Waals surface area contributed by atoms with Gasteiger partial charge < -0.3 is 0 Å². The van der Waals surface area contributed by atoms with Crippen LogP contribution in [0.3, 0.4) is 0 Å². The second-order valence-corrected chi connectivity index (χ2v) is 5.06. The maximum absolute atomic E-state index is 5.92. The molecule has 13 heavy (non-hydrogen) atoms. The summed E-state index contributed by atoms with van der Waals surface area (Å²) in [5, 5.41) is 3.06. The summed E-state index contributed by atoms with van der Waals surface area (Å²) >= 11 is 11.2. The van der Waals surface area contributed by atoms with Gasteiger partial charge >= 0.3 is 0 Å². The molecule has 0 aliphatic rings. The fourth-order valence-corrected chi connectivity index (χ4v) is 3.48. The molecule has 2 aromatic rings.